The van der Waals surface area contributed by atoms with Crippen LogP contribution in [0.2, 0.25) is 10.0 Å². The zero-order valence-electron chi connectivity index (χ0n) is 15.8. The maximum Gasteiger partial charge on any atom is 0.311 e. The molecule has 0 aliphatic carbocycles. The zero-order valence-corrected chi connectivity index (χ0v) is 17.3. The highest BCUT2D eigenvalue weighted by molar-refractivity contribution is 6.37. The third kappa shape index (κ3) is 4.93. The van der Waals surface area contributed by atoms with Crippen molar-refractivity contribution >= 4 is 29.2 Å². The normalized spacial score (nSPS) is 21.6. The van der Waals surface area contributed by atoms with Crippen LogP contribution in [0.3, 0.4) is 0 Å². The molecule has 0 saturated carbocycles. The molecule has 1 aromatic heterocycles. The molecule has 0 bridgehead atoms. The number of hydrogen-bond acceptors (Lipinski definition) is 6. The summed E-state index contributed by atoms with van der Waals surface area (Å²) >= 11 is 12.3. The van der Waals surface area contributed by atoms with Gasteiger partial charge < -0.3 is 25.0 Å². The second-order valence-electron chi connectivity index (χ2n) is 6.91. The van der Waals surface area contributed by atoms with Crippen LogP contribution in [0.4, 0.5) is 0 Å². The highest BCUT2D eigenvalue weighted by Crippen LogP contribution is 2.36. The molecule has 1 aromatic carbocycles. The molecule has 3 rings (SSSR count). The Bertz CT molecular complexity index is 855. The van der Waals surface area contributed by atoms with Crippen LogP contribution >= 0.6 is 23.2 Å². The molecule has 0 radical (unpaired) electrons. The number of aliphatic carboxylic acids is 1. The summed E-state index contributed by atoms with van der Waals surface area (Å²) in [6, 6.07) is 6.76. The number of aliphatic hydroxyl groups is 1. The van der Waals surface area contributed by atoms with Gasteiger partial charge in [-0.25, -0.2) is 4.98 Å². The molecule has 156 valence electrons. The van der Waals surface area contributed by atoms with E-state index in [2.05, 4.69) is 10.3 Å². The van der Waals surface area contributed by atoms with Gasteiger partial charge in [0.05, 0.1) is 10.0 Å². The number of nitrogens with one attached hydrogen (secondary N) is 1. The Kier molecular flexibility index (Phi) is 6.85. The van der Waals surface area contributed by atoms with Crippen LogP contribution in [-0.4, -0.2) is 47.5 Å². The summed E-state index contributed by atoms with van der Waals surface area (Å²) in [5.41, 5.74) is -0.0772. The minimum absolute atomic E-state index is 0.200. The number of carboxylic acid groups (broad SMARTS) is 1. The molecule has 0 spiro atoms. The van der Waals surface area contributed by atoms with Crippen molar-refractivity contribution in [1.29, 1.82) is 0 Å². The summed E-state index contributed by atoms with van der Waals surface area (Å²) in [7, 11) is 0. The maximum absolute atomic E-state index is 11.5. The Labute approximate surface area is 178 Å². The summed E-state index contributed by atoms with van der Waals surface area (Å²) < 4.78 is 11.1. The lowest BCUT2D eigenvalue weighted by Crippen LogP contribution is -2.51. The molecule has 1 fully saturated rings. The minimum Gasteiger partial charge on any atom is -0.487 e. The van der Waals surface area contributed by atoms with E-state index in [0.717, 1.165) is 5.56 Å². The van der Waals surface area contributed by atoms with Crippen molar-refractivity contribution in [2.75, 3.05) is 26.3 Å². The summed E-state index contributed by atoms with van der Waals surface area (Å²) in [6.45, 7) is 3.03. The smallest absolute Gasteiger partial charge is 0.311 e. The number of nitrogens with zero attached hydrogens (tertiary/aromatic N) is 1. The van der Waals surface area contributed by atoms with Gasteiger partial charge in [0.2, 0.25) is 5.88 Å². The fourth-order valence-corrected chi connectivity index (χ4v) is 4.05. The van der Waals surface area contributed by atoms with Crippen molar-refractivity contribution in [3.8, 4) is 11.6 Å². The first-order valence-corrected chi connectivity index (χ1v) is 9.90. The molecule has 9 heteroatoms. The standard InChI is InChI=1S/C20H22Cl2N2O5/c1-12-8-15(21)18(16(22)9-12)29-7-6-28-17-3-2-13(10-24-17)20(27)4-5-23-11-14(20)19(25)26/h2-3,8-10,14,23,27H,4-7,11H2,1H3,(H,25,26)/t14-,20+/m1/s1. The Balaban J connectivity index is 1.58. The molecule has 29 heavy (non-hydrogen) atoms. The molecule has 1 saturated heterocycles. The number of carbonyl (C=O) groups is 1. The number of benzene rings is 1. The van der Waals surface area contributed by atoms with Crippen molar-refractivity contribution in [2.45, 2.75) is 18.9 Å². The number of aromatic nitrogens is 1. The molecule has 1 aliphatic heterocycles. The van der Waals surface area contributed by atoms with Gasteiger partial charge in [-0.15, -0.1) is 0 Å². The Hall–Kier alpha value is -2.06. The van der Waals surface area contributed by atoms with Crippen LogP contribution in [0.15, 0.2) is 30.5 Å². The Morgan fingerprint density at radius 2 is 1.97 bits per heavy atom. The topological polar surface area (TPSA) is 101 Å². The molecule has 3 N–H and O–H groups in total. The molecule has 2 aromatic rings. The first-order chi connectivity index (χ1) is 13.8. The maximum atomic E-state index is 11.5. The number of carboxylic acids is 1. The van der Waals surface area contributed by atoms with E-state index in [1.807, 2.05) is 6.92 Å². The molecule has 0 amide bonds. The molecule has 7 nitrogen and oxygen atoms in total. The van der Waals surface area contributed by atoms with Crippen LogP contribution in [-0.2, 0) is 10.4 Å². The van der Waals surface area contributed by atoms with E-state index in [9.17, 15) is 15.0 Å². The van der Waals surface area contributed by atoms with Crippen molar-refractivity contribution in [2.24, 2.45) is 5.92 Å². The first-order valence-electron chi connectivity index (χ1n) is 9.15. The monoisotopic (exact) mass is 440 g/mol. The highest BCUT2D eigenvalue weighted by atomic mass is 35.5. The van der Waals surface area contributed by atoms with E-state index >= 15 is 0 Å². The number of pyridine rings is 1. The third-order valence-corrected chi connectivity index (χ3v) is 5.43. The second kappa shape index (κ2) is 9.17. The average molecular weight is 441 g/mol. The van der Waals surface area contributed by atoms with E-state index in [-0.39, 0.29) is 26.2 Å². The number of aryl methyl sites for hydroxylation is 1. The number of piperidine rings is 1. The van der Waals surface area contributed by atoms with Gasteiger partial charge in [-0.3, -0.25) is 4.79 Å². The minimum atomic E-state index is -1.47. The molecule has 1 aliphatic rings. The van der Waals surface area contributed by atoms with E-state index in [4.69, 9.17) is 32.7 Å². The van der Waals surface area contributed by atoms with Gasteiger partial charge >= 0.3 is 5.97 Å². The highest BCUT2D eigenvalue weighted by Gasteiger charge is 2.45. The van der Waals surface area contributed by atoms with Gasteiger partial charge in [0, 0.05) is 24.4 Å². The number of hydrogen-bond donors (Lipinski definition) is 3. The second-order valence-corrected chi connectivity index (χ2v) is 7.72. The quantitative estimate of drug-likeness (QED) is 0.568. The summed E-state index contributed by atoms with van der Waals surface area (Å²) in [5, 5.41) is 24.2. The molecule has 2 heterocycles. The predicted octanol–water partition coefficient (Wildman–Crippen LogP) is 3.04. The molecule has 0 unspecified atom stereocenters. The summed E-state index contributed by atoms with van der Waals surface area (Å²) in [4.78, 5) is 15.7. The molecule has 2 atom stereocenters. The zero-order chi connectivity index (χ0) is 21.0. The molecular weight excluding hydrogens is 419 g/mol. The van der Waals surface area contributed by atoms with Crippen molar-refractivity contribution in [1.82, 2.24) is 10.3 Å². The van der Waals surface area contributed by atoms with Crippen LogP contribution in [0.25, 0.3) is 0 Å². The lowest BCUT2D eigenvalue weighted by molar-refractivity contribution is -0.155. The van der Waals surface area contributed by atoms with E-state index in [1.165, 1.54) is 6.20 Å². The van der Waals surface area contributed by atoms with Gasteiger partial charge in [0.25, 0.3) is 0 Å². The summed E-state index contributed by atoms with van der Waals surface area (Å²) in [5.74, 6) is -1.26. The van der Waals surface area contributed by atoms with Gasteiger partial charge in [-0.1, -0.05) is 23.2 Å². The van der Waals surface area contributed by atoms with E-state index in [1.54, 1.807) is 24.3 Å². The first kappa shape index (κ1) is 21.6. The lowest BCUT2D eigenvalue weighted by atomic mass is 9.77. The van der Waals surface area contributed by atoms with Gasteiger partial charge in [0.1, 0.15) is 24.7 Å². The van der Waals surface area contributed by atoms with Crippen molar-refractivity contribution < 1.29 is 24.5 Å². The van der Waals surface area contributed by atoms with Crippen LogP contribution in [0.1, 0.15) is 17.5 Å². The largest absolute Gasteiger partial charge is 0.487 e. The van der Waals surface area contributed by atoms with Gasteiger partial charge in [-0.2, -0.15) is 0 Å². The van der Waals surface area contributed by atoms with Crippen LogP contribution in [0.5, 0.6) is 11.6 Å². The van der Waals surface area contributed by atoms with Crippen LogP contribution < -0.4 is 14.8 Å². The SMILES string of the molecule is Cc1cc(Cl)c(OCCOc2ccc([C@@]3(O)CCNC[C@@H]3C(=O)O)cn2)c(Cl)c1. The van der Waals surface area contributed by atoms with Gasteiger partial charge in [-0.05, 0) is 43.7 Å². The lowest BCUT2D eigenvalue weighted by Gasteiger charge is -2.38. The van der Waals surface area contributed by atoms with Gasteiger partial charge in [0.15, 0.2) is 5.75 Å². The average Bonchev–Trinajstić information content (AvgIpc) is 2.67. The number of ether oxygens (including phenoxy) is 2. The fraction of sp³-hybridized carbons (Fsp3) is 0.400. The Morgan fingerprint density at radius 3 is 2.59 bits per heavy atom. The fourth-order valence-electron chi connectivity index (χ4n) is 3.34. The number of rotatable bonds is 7. The molecular formula is C20H22Cl2N2O5. The van der Waals surface area contributed by atoms with Crippen molar-refractivity contribution in [3.05, 3.63) is 51.6 Å². The number of halogens is 2. The summed E-state index contributed by atoms with van der Waals surface area (Å²) in [6.07, 6.45) is 1.74. The van der Waals surface area contributed by atoms with E-state index < -0.39 is 17.5 Å². The third-order valence-electron chi connectivity index (χ3n) is 4.86. The van der Waals surface area contributed by atoms with Crippen LogP contribution in [0, 0.1) is 12.8 Å². The Morgan fingerprint density at radius 1 is 1.28 bits per heavy atom. The van der Waals surface area contributed by atoms with Crippen molar-refractivity contribution in [3.63, 3.8) is 0 Å². The van der Waals surface area contributed by atoms with E-state index in [0.29, 0.717) is 33.8 Å². The predicted molar refractivity (Wildman–Crippen MR) is 109 cm³/mol.